The lowest BCUT2D eigenvalue weighted by molar-refractivity contribution is 0.610. The minimum Gasteiger partial charge on any atom is -0.366 e. The number of pyridine rings is 1. The van der Waals surface area contributed by atoms with Gasteiger partial charge >= 0.3 is 0 Å². The predicted molar refractivity (Wildman–Crippen MR) is 73.7 cm³/mol. The van der Waals surface area contributed by atoms with Crippen LogP contribution in [0.1, 0.15) is 31.7 Å². The fourth-order valence-electron chi connectivity index (χ4n) is 2.07. The Hall–Kier alpha value is -1.62. The molecule has 0 aromatic carbocycles. The minimum atomic E-state index is 0.291. The van der Waals surface area contributed by atoms with Gasteiger partial charge in [-0.3, -0.25) is 0 Å². The summed E-state index contributed by atoms with van der Waals surface area (Å²) >= 11 is 0. The van der Waals surface area contributed by atoms with Crippen molar-refractivity contribution < 1.29 is 0 Å². The lowest BCUT2D eigenvalue weighted by atomic mass is 10.1. The Morgan fingerprint density at radius 2 is 2.28 bits per heavy atom. The molecule has 1 atom stereocenters. The van der Waals surface area contributed by atoms with E-state index >= 15 is 0 Å². The van der Waals surface area contributed by atoms with Crippen LogP contribution in [0.5, 0.6) is 0 Å². The molecule has 3 N–H and O–H groups in total. The average Bonchev–Trinajstić information content (AvgIpc) is 2.82. The normalized spacial score (nSPS) is 12.8. The molecule has 0 aliphatic carbocycles. The first kappa shape index (κ1) is 12.8. The summed E-state index contributed by atoms with van der Waals surface area (Å²) in [6, 6.07) is 4.39. The number of unbranched alkanes of at least 4 members (excludes halogenated alkanes) is 1. The second-order valence-electron chi connectivity index (χ2n) is 4.67. The molecule has 0 saturated heterocycles. The largest absolute Gasteiger partial charge is 0.366 e. The summed E-state index contributed by atoms with van der Waals surface area (Å²) < 4.78 is 1.82. The van der Waals surface area contributed by atoms with E-state index in [0.29, 0.717) is 12.6 Å². The SMILES string of the molecule is CCCCC(CN)Nc1cc(C)cc2ncnn12. The van der Waals surface area contributed by atoms with Crippen LogP contribution in [0.3, 0.4) is 0 Å². The molecule has 0 spiro atoms. The lowest BCUT2D eigenvalue weighted by Crippen LogP contribution is -2.29. The van der Waals surface area contributed by atoms with Crippen molar-refractivity contribution in [2.75, 3.05) is 11.9 Å². The Bertz CT molecular complexity index is 505. The number of aryl methyl sites for hydroxylation is 1. The van der Waals surface area contributed by atoms with Gasteiger partial charge in [0.2, 0.25) is 0 Å². The lowest BCUT2D eigenvalue weighted by Gasteiger charge is -2.18. The molecule has 2 rings (SSSR count). The summed E-state index contributed by atoms with van der Waals surface area (Å²) in [6.07, 6.45) is 5.02. The van der Waals surface area contributed by atoms with E-state index in [2.05, 4.69) is 35.3 Å². The third-order valence-electron chi connectivity index (χ3n) is 3.07. The van der Waals surface area contributed by atoms with Gasteiger partial charge in [-0.1, -0.05) is 19.8 Å². The van der Waals surface area contributed by atoms with Crippen molar-refractivity contribution in [1.82, 2.24) is 14.6 Å². The van der Waals surface area contributed by atoms with Crippen LogP contribution in [-0.4, -0.2) is 27.2 Å². The summed E-state index contributed by atoms with van der Waals surface area (Å²) in [6.45, 7) is 4.88. The van der Waals surface area contributed by atoms with Gasteiger partial charge in [-0.15, -0.1) is 0 Å². The number of rotatable bonds is 6. The minimum absolute atomic E-state index is 0.291. The molecule has 0 radical (unpaired) electrons. The van der Waals surface area contributed by atoms with E-state index in [1.165, 1.54) is 18.4 Å². The third kappa shape index (κ3) is 2.79. The molecule has 0 saturated carbocycles. The summed E-state index contributed by atoms with van der Waals surface area (Å²) in [5.74, 6) is 0.967. The molecule has 0 amide bonds. The molecule has 2 aromatic rings. The number of hydrogen-bond donors (Lipinski definition) is 2. The zero-order valence-corrected chi connectivity index (χ0v) is 11.1. The number of nitrogens with zero attached hydrogens (tertiary/aromatic N) is 3. The maximum Gasteiger partial charge on any atom is 0.157 e. The molecule has 0 aliphatic heterocycles. The van der Waals surface area contributed by atoms with E-state index < -0.39 is 0 Å². The Morgan fingerprint density at radius 1 is 1.44 bits per heavy atom. The van der Waals surface area contributed by atoms with Crippen molar-refractivity contribution in [2.24, 2.45) is 5.73 Å². The van der Waals surface area contributed by atoms with Crippen LogP contribution in [0.15, 0.2) is 18.5 Å². The van der Waals surface area contributed by atoms with Gasteiger partial charge in [-0.05, 0) is 31.0 Å². The molecule has 5 heteroatoms. The monoisotopic (exact) mass is 247 g/mol. The van der Waals surface area contributed by atoms with Gasteiger partial charge in [0.25, 0.3) is 0 Å². The van der Waals surface area contributed by atoms with Gasteiger partial charge in [-0.2, -0.15) is 9.61 Å². The van der Waals surface area contributed by atoms with Crippen molar-refractivity contribution in [3.63, 3.8) is 0 Å². The molecule has 2 heterocycles. The average molecular weight is 247 g/mol. The number of nitrogens with one attached hydrogen (secondary N) is 1. The van der Waals surface area contributed by atoms with Crippen LogP contribution < -0.4 is 11.1 Å². The highest BCUT2D eigenvalue weighted by molar-refractivity contribution is 5.51. The van der Waals surface area contributed by atoms with Gasteiger partial charge in [0.1, 0.15) is 12.1 Å². The molecule has 98 valence electrons. The van der Waals surface area contributed by atoms with Gasteiger partial charge < -0.3 is 11.1 Å². The second-order valence-corrected chi connectivity index (χ2v) is 4.67. The summed E-state index contributed by atoms with van der Waals surface area (Å²) in [5, 5.41) is 7.70. The first-order chi connectivity index (χ1) is 8.74. The first-order valence-corrected chi connectivity index (χ1v) is 6.51. The number of fused-ring (bicyclic) bond motifs is 1. The standard InChI is InChI=1S/C13H21N5/c1-3-4-5-11(8-14)17-13-7-10(2)6-12-15-9-16-18(12)13/h6-7,9,11,17H,3-5,8,14H2,1-2H3. The van der Waals surface area contributed by atoms with E-state index in [9.17, 15) is 0 Å². The topological polar surface area (TPSA) is 68.2 Å². The summed E-state index contributed by atoms with van der Waals surface area (Å²) in [4.78, 5) is 4.22. The van der Waals surface area contributed by atoms with Gasteiger partial charge in [0.05, 0.1) is 0 Å². The van der Waals surface area contributed by atoms with Crippen LogP contribution in [0, 0.1) is 6.92 Å². The highest BCUT2D eigenvalue weighted by Gasteiger charge is 2.09. The van der Waals surface area contributed by atoms with Crippen molar-refractivity contribution in [2.45, 2.75) is 39.2 Å². The maximum atomic E-state index is 5.81. The Labute approximate surface area is 107 Å². The Kier molecular flexibility index (Phi) is 4.15. The molecule has 0 aliphatic rings. The second kappa shape index (κ2) is 5.82. The fraction of sp³-hybridized carbons (Fsp3) is 0.538. The van der Waals surface area contributed by atoms with Crippen LogP contribution >= 0.6 is 0 Å². The molecular formula is C13H21N5. The summed E-state index contributed by atoms with van der Waals surface area (Å²) in [7, 11) is 0. The van der Waals surface area contributed by atoms with Crippen molar-refractivity contribution in [3.8, 4) is 0 Å². The van der Waals surface area contributed by atoms with Crippen LogP contribution in [-0.2, 0) is 0 Å². The maximum absolute atomic E-state index is 5.81. The Balaban J connectivity index is 2.21. The highest BCUT2D eigenvalue weighted by atomic mass is 15.3. The molecule has 2 aromatic heterocycles. The van der Waals surface area contributed by atoms with Crippen LogP contribution in [0.2, 0.25) is 0 Å². The van der Waals surface area contributed by atoms with Crippen molar-refractivity contribution >= 4 is 11.5 Å². The predicted octanol–water partition coefficient (Wildman–Crippen LogP) is 1.97. The van der Waals surface area contributed by atoms with E-state index in [4.69, 9.17) is 5.73 Å². The smallest absolute Gasteiger partial charge is 0.157 e. The Morgan fingerprint density at radius 3 is 3.00 bits per heavy atom. The van der Waals surface area contributed by atoms with E-state index in [0.717, 1.165) is 17.9 Å². The molecular weight excluding hydrogens is 226 g/mol. The first-order valence-electron chi connectivity index (χ1n) is 6.51. The quantitative estimate of drug-likeness (QED) is 0.819. The zero-order valence-electron chi connectivity index (χ0n) is 11.1. The van der Waals surface area contributed by atoms with Crippen LogP contribution in [0.4, 0.5) is 5.82 Å². The van der Waals surface area contributed by atoms with Crippen molar-refractivity contribution in [1.29, 1.82) is 0 Å². The number of anilines is 1. The molecule has 0 bridgehead atoms. The van der Waals surface area contributed by atoms with Gasteiger partial charge in [0, 0.05) is 12.6 Å². The molecule has 5 nitrogen and oxygen atoms in total. The molecule has 1 unspecified atom stereocenters. The number of nitrogens with two attached hydrogens (primary N) is 1. The van der Waals surface area contributed by atoms with Crippen molar-refractivity contribution in [3.05, 3.63) is 24.0 Å². The van der Waals surface area contributed by atoms with Gasteiger partial charge in [0.15, 0.2) is 5.65 Å². The van der Waals surface area contributed by atoms with E-state index in [1.807, 2.05) is 10.6 Å². The highest BCUT2D eigenvalue weighted by Crippen LogP contribution is 2.15. The van der Waals surface area contributed by atoms with E-state index in [-0.39, 0.29) is 0 Å². The number of hydrogen-bond acceptors (Lipinski definition) is 4. The van der Waals surface area contributed by atoms with E-state index in [1.54, 1.807) is 6.33 Å². The van der Waals surface area contributed by atoms with Crippen LogP contribution in [0.25, 0.3) is 5.65 Å². The summed E-state index contributed by atoms with van der Waals surface area (Å²) in [5.41, 5.74) is 7.85. The van der Waals surface area contributed by atoms with Gasteiger partial charge in [-0.25, -0.2) is 4.98 Å². The molecule has 18 heavy (non-hydrogen) atoms. The zero-order chi connectivity index (χ0) is 13.0. The fourth-order valence-corrected chi connectivity index (χ4v) is 2.07. The number of aromatic nitrogens is 3. The third-order valence-corrected chi connectivity index (χ3v) is 3.07. The molecule has 0 fully saturated rings.